The number of halogens is 1. The van der Waals surface area contributed by atoms with E-state index < -0.39 is 0 Å². The SMILES string of the molecule is CCN(CC)C(=O)CN(C)C(=O)c1ccoc1Cl. The number of carbonyl (C=O) groups is 2. The Kier molecular flexibility index (Phi) is 5.22. The van der Waals surface area contributed by atoms with Crippen molar-refractivity contribution in [1.29, 1.82) is 0 Å². The van der Waals surface area contributed by atoms with Gasteiger partial charge in [0, 0.05) is 20.1 Å². The van der Waals surface area contributed by atoms with Gasteiger partial charge in [-0.15, -0.1) is 0 Å². The van der Waals surface area contributed by atoms with Gasteiger partial charge in [0.05, 0.1) is 18.4 Å². The maximum Gasteiger partial charge on any atom is 0.258 e. The van der Waals surface area contributed by atoms with Crippen molar-refractivity contribution in [3.05, 3.63) is 23.1 Å². The fourth-order valence-electron chi connectivity index (χ4n) is 1.60. The van der Waals surface area contributed by atoms with Gasteiger partial charge in [-0.05, 0) is 31.5 Å². The third kappa shape index (κ3) is 3.26. The molecule has 5 nitrogen and oxygen atoms in total. The summed E-state index contributed by atoms with van der Waals surface area (Å²) in [6.07, 6.45) is 1.34. The van der Waals surface area contributed by atoms with Crippen LogP contribution in [-0.4, -0.2) is 48.3 Å². The van der Waals surface area contributed by atoms with Crippen molar-refractivity contribution in [3.8, 4) is 0 Å². The number of furan rings is 1. The number of hydrogen-bond acceptors (Lipinski definition) is 3. The molecule has 1 aromatic rings. The van der Waals surface area contributed by atoms with Crippen LogP contribution in [0.25, 0.3) is 0 Å². The first-order valence-corrected chi connectivity index (χ1v) is 6.15. The third-order valence-corrected chi connectivity index (χ3v) is 2.98. The minimum absolute atomic E-state index is 0.0298. The Balaban J connectivity index is 2.66. The van der Waals surface area contributed by atoms with Crippen molar-refractivity contribution in [2.24, 2.45) is 0 Å². The highest BCUT2D eigenvalue weighted by Crippen LogP contribution is 2.18. The normalized spacial score (nSPS) is 10.2. The number of nitrogens with zero attached hydrogens (tertiary/aromatic N) is 2. The van der Waals surface area contributed by atoms with Crippen LogP contribution in [0, 0.1) is 0 Å². The molecule has 0 radical (unpaired) electrons. The Morgan fingerprint density at radius 3 is 2.39 bits per heavy atom. The van der Waals surface area contributed by atoms with Gasteiger partial charge in [0.25, 0.3) is 5.91 Å². The van der Waals surface area contributed by atoms with Crippen molar-refractivity contribution in [2.75, 3.05) is 26.7 Å². The van der Waals surface area contributed by atoms with E-state index in [1.165, 1.54) is 17.2 Å². The first-order valence-electron chi connectivity index (χ1n) is 5.77. The molecule has 0 N–H and O–H groups in total. The van der Waals surface area contributed by atoms with Crippen LogP contribution in [0.2, 0.25) is 5.22 Å². The van der Waals surface area contributed by atoms with Gasteiger partial charge in [0.1, 0.15) is 0 Å². The second kappa shape index (κ2) is 6.44. The van der Waals surface area contributed by atoms with E-state index in [1.807, 2.05) is 13.8 Å². The van der Waals surface area contributed by atoms with Crippen molar-refractivity contribution >= 4 is 23.4 Å². The van der Waals surface area contributed by atoms with E-state index in [4.69, 9.17) is 16.0 Å². The monoisotopic (exact) mass is 272 g/mol. The Morgan fingerprint density at radius 2 is 1.94 bits per heavy atom. The number of rotatable bonds is 5. The van der Waals surface area contributed by atoms with E-state index in [9.17, 15) is 9.59 Å². The average Bonchev–Trinajstić information content (AvgIpc) is 2.76. The molecule has 1 rings (SSSR count). The van der Waals surface area contributed by atoms with Crippen LogP contribution in [0.15, 0.2) is 16.7 Å². The lowest BCUT2D eigenvalue weighted by molar-refractivity contribution is -0.131. The highest BCUT2D eigenvalue weighted by Gasteiger charge is 2.20. The molecular weight excluding hydrogens is 256 g/mol. The van der Waals surface area contributed by atoms with Gasteiger partial charge in [-0.3, -0.25) is 9.59 Å². The third-order valence-electron chi connectivity index (χ3n) is 2.68. The minimum atomic E-state index is -0.325. The smallest absolute Gasteiger partial charge is 0.258 e. The molecule has 0 saturated heterocycles. The molecule has 0 aromatic carbocycles. The Bertz CT molecular complexity index is 427. The number of amides is 2. The topological polar surface area (TPSA) is 53.8 Å². The molecule has 0 bridgehead atoms. The molecule has 0 unspecified atom stereocenters. The maximum atomic E-state index is 12.0. The van der Waals surface area contributed by atoms with Gasteiger partial charge < -0.3 is 14.2 Å². The summed E-state index contributed by atoms with van der Waals surface area (Å²) in [5.41, 5.74) is 0.270. The van der Waals surface area contributed by atoms with Crippen molar-refractivity contribution in [1.82, 2.24) is 9.80 Å². The van der Waals surface area contributed by atoms with Crippen molar-refractivity contribution in [2.45, 2.75) is 13.8 Å². The fraction of sp³-hybridized carbons (Fsp3) is 0.500. The number of carbonyl (C=O) groups excluding carboxylic acids is 2. The molecule has 1 aromatic heterocycles. The molecule has 6 heteroatoms. The number of likely N-dealkylation sites (N-methyl/N-ethyl adjacent to an activating group) is 2. The molecule has 2 amide bonds. The summed E-state index contributed by atoms with van der Waals surface area (Å²) in [4.78, 5) is 26.8. The summed E-state index contributed by atoms with van der Waals surface area (Å²) in [6, 6.07) is 1.49. The van der Waals surface area contributed by atoms with Gasteiger partial charge in [-0.25, -0.2) is 0 Å². The second-order valence-electron chi connectivity index (χ2n) is 3.84. The molecule has 18 heavy (non-hydrogen) atoms. The molecule has 0 fully saturated rings. The van der Waals surface area contributed by atoms with Crippen LogP contribution in [-0.2, 0) is 4.79 Å². The summed E-state index contributed by atoms with van der Waals surface area (Å²) in [5, 5.41) is 0.0436. The Labute approximate surface area is 111 Å². The van der Waals surface area contributed by atoms with Crippen molar-refractivity contribution in [3.63, 3.8) is 0 Å². The first kappa shape index (κ1) is 14.6. The van der Waals surface area contributed by atoms with Crippen LogP contribution in [0.1, 0.15) is 24.2 Å². The van der Waals surface area contributed by atoms with Gasteiger partial charge in [-0.2, -0.15) is 0 Å². The highest BCUT2D eigenvalue weighted by molar-refractivity contribution is 6.32. The molecule has 0 aliphatic rings. The van der Waals surface area contributed by atoms with Crippen molar-refractivity contribution < 1.29 is 14.0 Å². The van der Waals surface area contributed by atoms with E-state index in [1.54, 1.807) is 11.9 Å². The Morgan fingerprint density at radius 1 is 1.33 bits per heavy atom. The van der Waals surface area contributed by atoms with Crippen LogP contribution in [0.4, 0.5) is 0 Å². The molecule has 0 saturated carbocycles. The second-order valence-corrected chi connectivity index (χ2v) is 4.18. The predicted octanol–water partition coefficient (Wildman–Crippen LogP) is 1.87. The zero-order valence-electron chi connectivity index (χ0n) is 10.8. The molecule has 0 aliphatic carbocycles. The number of hydrogen-bond donors (Lipinski definition) is 0. The summed E-state index contributed by atoms with van der Waals surface area (Å²) in [7, 11) is 1.56. The van der Waals surface area contributed by atoms with Crippen LogP contribution in [0.5, 0.6) is 0 Å². The van der Waals surface area contributed by atoms with Gasteiger partial charge >= 0.3 is 0 Å². The predicted molar refractivity (Wildman–Crippen MR) is 68.6 cm³/mol. The lowest BCUT2D eigenvalue weighted by Crippen LogP contribution is -2.41. The summed E-state index contributed by atoms with van der Waals surface area (Å²) in [5.74, 6) is -0.412. The highest BCUT2D eigenvalue weighted by atomic mass is 35.5. The van der Waals surface area contributed by atoms with Gasteiger partial charge in [-0.1, -0.05) is 0 Å². The molecule has 0 atom stereocenters. The molecule has 0 aliphatic heterocycles. The van der Waals surface area contributed by atoms with Crippen LogP contribution >= 0.6 is 11.6 Å². The van der Waals surface area contributed by atoms with E-state index in [0.29, 0.717) is 13.1 Å². The summed E-state index contributed by atoms with van der Waals surface area (Å²) in [6.45, 7) is 5.09. The van der Waals surface area contributed by atoms with Crippen LogP contribution in [0.3, 0.4) is 0 Å². The van der Waals surface area contributed by atoms with E-state index in [0.717, 1.165) is 0 Å². The molecule has 0 spiro atoms. The summed E-state index contributed by atoms with van der Waals surface area (Å²) < 4.78 is 4.85. The zero-order valence-corrected chi connectivity index (χ0v) is 11.5. The molecular formula is C12H17ClN2O3. The molecule has 100 valence electrons. The van der Waals surface area contributed by atoms with E-state index >= 15 is 0 Å². The molecule has 1 heterocycles. The average molecular weight is 273 g/mol. The lowest BCUT2D eigenvalue weighted by Gasteiger charge is -2.22. The van der Waals surface area contributed by atoms with Gasteiger partial charge in [0.15, 0.2) is 0 Å². The standard InChI is InChI=1S/C12H17ClN2O3/c1-4-15(5-2)10(16)8-14(3)12(17)9-6-7-18-11(9)13/h6-7H,4-5,8H2,1-3H3. The fourth-order valence-corrected chi connectivity index (χ4v) is 1.80. The maximum absolute atomic E-state index is 12.0. The van der Waals surface area contributed by atoms with Gasteiger partial charge in [0.2, 0.25) is 11.1 Å². The van der Waals surface area contributed by atoms with E-state index in [-0.39, 0.29) is 29.1 Å². The summed E-state index contributed by atoms with van der Waals surface area (Å²) >= 11 is 5.72. The Hall–Kier alpha value is -1.49. The van der Waals surface area contributed by atoms with Crippen LogP contribution < -0.4 is 0 Å². The lowest BCUT2D eigenvalue weighted by atomic mass is 10.3. The largest absolute Gasteiger partial charge is 0.452 e. The first-order chi connectivity index (χ1) is 8.51. The minimum Gasteiger partial charge on any atom is -0.452 e. The van der Waals surface area contributed by atoms with E-state index in [2.05, 4.69) is 0 Å². The zero-order chi connectivity index (χ0) is 13.7. The quantitative estimate of drug-likeness (QED) is 0.822.